The highest BCUT2D eigenvalue weighted by Crippen LogP contribution is 2.28. The summed E-state index contributed by atoms with van der Waals surface area (Å²) in [6, 6.07) is 13.9. The lowest BCUT2D eigenvalue weighted by Crippen LogP contribution is -2.27. The zero-order valence-corrected chi connectivity index (χ0v) is 20.9. The topological polar surface area (TPSA) is 154 Å². The number of ether oxygens (including phenoxy) is 2. The fourth-order valence-corrected chi connectivity index (χ4v) is 4.37. The third-order valence-electron chi connectivity index (χ3n) is 6.13. The summed E-state index contributed by atoms with van der Waals surface area (Å²) < 4.78 is 46.8. The van der Waals surface area contributed by atoms with Crippen LogP contribution in [0.4, 0.5) is 30.6 Å². The maximum Gasteiger partial charge on any atom is 0.573 e. The van der Waals surface area contributed by atoms with Crippen molar-refractivity contribution < 1.29 is 27.4 Å². The highest BCUT2D eigenvalue weighted by Gasteiger charge is 2.32. The van der Waals surface area contributed by atoms with E-state index in [4.69, 9.17) is 10.00 Å². The number of rotatable bonds is 8. The lowest BCUT2D eigenvalue weighted by molar-refractivity contribution is -0.274. The van der Waals surface area contributed by atoms with Gasteiger partial charge in [0.2, 0.25) is 0 Å². The van der Waals surface area contributed by atoms with Gasteiger partial charge in [0.05, 0.1) is 0 Å². The predicted molar refractivity (Wildman–Crippen MR) is 136 cm³/mol. The van der Waals surface area contributed by atoms with Crippen molar-refractivity contribution in [3.05, 3.63) is 59.8 Å². The number of aromatic nitrogens is 5. The van der Waals surface area contributed by atoms with E-state index in [1.54, 1.807) is 18.2 Å². The lowest BCUT2D eigenvalue weighted by atomic mass is 10.1. The summed E-state index contributed by atoms with van der Waals surface area (Å²) in [6.45, 7) is 1.38. The van der Waals surface area contributed by atoms with Crippen LogP contribution in [-0.2, 0) is 9.53 Å². The molecule has 1 fully saturated rings. The number of carbonyl (C=O) groups excluding carboxylic acids is 1. The average molecular weight is 554 g/mol. The number of alkyl halides is 3. The van der Waals surface area contributed by atoms with Crippen molar-refractivity contribution in [1.29, 1.82) is 5.26 Å². The zero-order chi connectivity index (χ0) is 28.3. The molecule has 2 atom stereocenters. The second-order valence-corrected chi connectivity index (χ2v) is 8.91. The molecule has 3 N–H and O–H groups in total. The number of hydrogen-bond acceptors (Lipinski definition) is 10. The van der Waals surface area contributed by atoms with E-state index in [2.05, 4.69) is 51.7 Å². The quantitative estimate of drug-likeness (QED) is 0.295. The van der Waals surface area contributed by atoms with Crippen LogP contribution in [0.15, 0.2) is 48.5 Å². The van der Waals surface area contributed by atoms with Gasteiger partial charge >= 0.3 is 6.36 Å². The Hall–Kier alpha value is -4.97. The Balaban J connectivity index is 1.17. The van der Waals surface area contributed by atoms with Gasteiger partial charge < -0.3 is 30.0 Å². The van der Waals surface area contributed by atoms with Crippen molar-refractivity contribution in [2.75, 3.05) is 35.7 Å². The van der Waals surface area contributed by atoms with Gasteiger partial charge in [-0.05, 0) is 48.4 Å². The van der Waals surface area contributed by atoms with E-state index in [-0.39, 0.29) is 17.4 Å². The third kappa shape index (κ3) is 6.18. The number of aromatic amines is 1. The summed E-state index contributed by atoms with van der Waals surface area (Å²) in [5, 5.41) is 32.3. The molecule has 1 amide bonds. The number of nitrogens with zero attached hydrogens (tertiary/aromatic N) is 6. The van der Waals surface area contributed by atoms with Gasteiger partial charge in [-0.2, -0.15) is 5.26 Å². The molecule has 1 aliphatic heterocycles. The largest absolute Gasteiger partial charge is 0.573 e. The minimum absolute atomic E-state index is 0.0530. The summed E-state index contributed by atoms with van der Waals surface area (Å²) in [7, 11) is 1.26. The second kappa shape index (κ2) is 11.0. The first-order chi connectivity index (χ1) is 19.2. The van der Waals surface area contributed by atoms with E-state index in [9.17, 15) is 18.0 Å². The summed E-state index contributed by atoms with van der Waals surface area (Å²) in [5.41, 5.74) is 1.14. The molecule has 206 valence electrons. The number of nitrogens with one attached hydrogen (secondary N) is 3. The van der Waals surface area contributed by atoms with Crippen LogP contribution in [0.3, 0.4) is 0 Å². The van der Waals surface area contributed by atoms with Gasteiger partial charge in [0.15, 0.2) is 23.4 Å². The molecular weight excluding hydrogens is 531 g/mol. The molecule has 0 bridgehead atoms. The number of amides is 1. The predicted octanol–water partition coefficient (Wildman–Crippen LogP) is 3.54. The van der Waals surface area contributed by atoms with Crippen LogP contribution in [0.25, 0.3) is 11.0 Å². The fraction of sp³-hybridized carbons (Fsp3) is 0.280. The van der Waals surface area contributed by atoms with Gasteiger partial charge in [-0.3, -0.25) is 4.79 Å². The van der Waals surface area contributed by atoms with E-state index in [1.165, 1.54) is 19.2 Å². The molecule has 0 saturated carbocycles. The number of nitriles is 1. The number of methoxy groups -OCH3 is 1. The van der Waals surface area contributed by atoms with Crippen molar-refractivity contribution >= 4 is 34.4 Å². The number of H-pyrrole nitrogens is 1. The van der Waals surface area contributed by atoms with Crippen LogP contribution in [-0.4, -0.2) is 63.9 Å². The standard InChI is InChI=1S/C25H22F3N9O3/c1-39-22(14-3-2-4-18(10-14)40-25(26,27)28)24(38)32-20-6-5-19(33-34-20)30-16-7-8-37(13-16)21-11-15-9-17(12-29)31-23(15)36-35-21/h2-6,9-11,16,22H,7-8,13H2,1H3,(H,30,33)(H,31,36)(H,32,34,38). The average Bonchev–Trinajstić information content (AvgIpc) is 3.56. The fourth-order valence-electron chi connectivity index (χ4n) is 4.37. The van der Waals surface area contributed by atoms with E-state index >= 15 is 0 Å². The first-order valence-corrected chi connectivity index (χ1v) is 12.0. The number of benzene rings is 1. The molecule has 40 heavy (non-hydrogen) atoms. The molecule has 0 aliphatic carbocycles. The van der Waals surface area contributed by atoms with Crippen LogP contribution < -0.4 is 20.3 Å². The molecule has 1 aliphatic rings. The Bertz CT molecular complexity index is 1550. The Morgan fingerprint density at radius 2 is 1.95 bits per heavy atom. The molecule has 4 aromatic rings. The monoisotopic (exact) mass is 553 g/mol. The smallest absolute Gasteiger partial charge is 0.406 e. The van der Waals surface area contributed by atoms with E-state index in [0.717, 1.165) is 30.5 Å². The molecule has 3 aromatic heterocycles. The maximum absolute atomic E-state index is 12.8. The van der Waals surface area contributed by atoms with Crippen LogP contribution >= 0.6 is 0 Å². The Labute approximate surface area is 225 Å². The van der Waals surface area contributed by atoms with Gasteiger partial charge in [-0.15, -0.1) is 33.6 Å². The van der Waals surface area contributed by atoms with Crippen molar-refractivity contribution in [2.24, 2.45) is 0 Å². The maximum atomic E-state index is 12.8. The summed E-state index contributed by atoms with van der Waals surface area (Å²) in [5.74, 6) is 0.227. The van der Waals surface area contributed by atoms with Crippen molar-refractivity contribution in [1.82, 2.24) is 25.4 Å². The number of carbonyl (C=O) groups is 1. The number of halogens is 3. The van der Waals surface area contributed by atoms with Gasteiger partial charge in [-0.1, -0.05) is 12.1 Å². The van der Waals surface area contributed by atoms with Crippen molar-refractivity contribution in [3.63, 3.8) is 0 Å². The molecule has 0 radical (unpaired) electrons. The number of hydrogen-bond donors (Lipinski definition) is 3. The first-order valence-electron chi connectivity index (χ1n) is 12.0. The Morgan fingerprint density at radius 1 is 1.15 bits per heavy atom. The molecule has 2 unspecified atom stereocenters. The van der Waals surface area contributed by atoms with Crippen LogP contribution in [0.5, 0.6) is 5.75 Å². The van der Waals surface area contributed by atoms with Crippen molar-refractivity contribution in [2.45, 2.75) is 24.9 Å². The highest BCUT2D eigenvalue weighted by atomic mass is 19.4. The number of fused-ring (bicyclic) bond motifs is 1. The molecule has 15 heteroatoms. The molecule has 1 aromatic carbocycles. The van der Waals surface area contributed by atoms with E-state index < -0.39 is 24.1 Å². The van der Waals surface area contributed by atoms with Gasteiger partial charge in [0.25, 0.3) is 5.91 Å². The first kappa shape index (κ1) is 26.6. The van der Waals surface area contributed by atoms with E-state index in [0.29, 0.717) is 29.5 Å². The number of anilines is 3. The molecule has 1 saturated heterocycles. The summed E-state index contributed by atoms with van der Waals surface area (Å²) in [4.78, 5) is 17.7. The molecular formula is C25H22F3N9O3. The lowest BCUT2D eigenvalue weighted by Gasteiger charge is -2.18. The normalized spacial score (nSPS) is 16.0. The summed E-state index contributed by atoms with van der Waals surface area (Å²) >= 11 is 0. The SMILES string of the molecule is COC(C(=O)Nc1ccc(NC2CCN(c3cc4cc(C#N)[nH]c4nn3)C2)nn1)c1cccc(OC(F)(F)F)c1. The zero-order valence-electron chi connectivity index (χ0n) is 20.9. The Kier molecular flexibility index (Phi) is 7.34. The highest BCUT2D eigenvalue weighted by molar-refractivity contribution is 5.94. The molecule has 4 heterocycles. The van der Waals surface area contributed by atoms with Crippen LogP contribution in [0.2, 0.25) is 0 Å². The molecule has 5 rings (SSSR count). The third-order valence-corrected chi connectivity index (χ3v) is 6.13. The Morgan fingerprint density at radius 3 is 2.67 bits per heavy atom. The van der Waals surface area contributed by atoms with Crippen molar-refractivity contribution in [3.8, 4) is 11.8 Å². The van der Waals surface area contributed by atoms with E-state index in [1.807, 2.05) is 6.07 Å². The summed E-state index contributed by atoms with van der Waals surface area (Å²) in [6.07, 6.45) is -5.26. The second-order valence-electron chi connectivity index (χ2n) is 8.91. The van der Waals surface area contributed by atoms with Gasteiger partial charge in [-0.25, -0.2) is 0 Å². The van der Waals surface area contributed by atoms with Gasteiger partial charge in [0, 0.05) is 31.6 Å². The van der Waals surface area contributed by atoms with Crippen LogP contribution in [0, 0.1) is 11.3 Å². The van der Waals surface area contributed by atoms with Crippen LogP contribution in [0.1, 0.15) is 23.8 Å². The van der Waals surface area contributed by atoms with Gasteiger partial charge in [0.1, 0.15) is 23.3 Å². The minimum atomic E-state index is -4.86. The molecule has 12 nitrogen and oxygen atoms in total. The molecule has 0 spiro atoms. The minimum Gasteiger partial charge on any atom is -0.406 e.